The fourth-order valence-electron chi connectivity index (χ4n) is 3.17. The van der Waals surface area contributed by atoms with E-state index in [4.69, 9.17) is 0 Å². The molecule has 0 amide bonds. The minimum Gasteiger partial charge on any atom is -0.369 e. The standard InChI is InChI=1S/C19H21N3O2S/c1-15-6-5-8-18(16(15)2)21-10-12-22(13-11-21)25(23,24)19-9-4-3-7-17(19)14-20/h3-9H,10-13H2,1-2H3. The smallest absolute Gasteiger partial charge is 0.244 e. The van der Waals surface area contributed by atoms with Crippen molar-refractivity contribution >= 4 is 15.7 Å². The monoisotopic (exact) mass is 355 g/mol. The molecule has 0 bridgehead atoms. The molecular formula is C19H21N3O2S. The highest BCUT2D eigenvalue weighted by Crippen LogP contribution is 2.26. The zero-order chi connectivity index (χ0) is 18.0. The molecule has 1 fully saturated rings. The summed E-state index contributed by atoms with van der Waals surface area (Å²) >= 11 is 0. The lowest BCUT2D eigenvalue weighted by molar-refractivity contribution is 0.384. The summed E-state index contributed by atoms with van der Waals surface area (Å²) in [5.74, 6) is 0. The van der Waals surface area contributed by atoms with Gasteiger partial charge in [0.25, 0.3) is 0 Å². The highest BCUT2D eigenvalue weighted by Gasteiger charge is 2.30. The molecule has 1 aliphatic heterocycles. The molecule has 0 aromatic heterocycles. The van der Waals surface area contributed by atoms with Crippen LogP contribution in [0.5, 0.6) is 0 Å². The summed E-state index contributed by atoms with van der Waals surface area (Å²) in [6.07, 6.45) is 0. The number of benzene rings is 2. The number of anilines is 1. The van der Waals surface area contributed by atoms with Crippen molar-refractivity contribution in [2.45, 2.75) is 18.7 Å². The fourth-order valence-corrected chi connectivity index (χ4v) is 4.73. The lowest BCUT2D eigenvalue weighted by Gasteiger charge is -2.36. The molecule has 2 aromatic rings. The van der Waals surface area contributed by atoms with Crippen LogP contribution in [0, 0.1) is 25.2 Å². The average molecular weight is 355 g/mol. The predicted octanol–water partition coefficient (Wildman–Crippen LogP) is 2.69. The topological polar surface area (TPSA) is 64.4 Å². The van der Waals surface area contributed by atoms with E-state index in [1.54, 1.807) is 18.2 Å². The van der Waals surface area contributed by atoms with Gasteiger partial charge in [0.1, 0.15) is 6.07 Å². The van der Waals surface area contributed by atoms with Crippen LogP contribution < -0.4 is 4.90 Å². The van der Waals surface area contributed by atoms with Crippen LogP contribution in [0.3, 0.4) is 0 Å². The zero-order valence-corrected chi connectivity index (χ0v) is 15.3. The van der Waals surface area contributed by atoms with Crippen molar-refractivity contribution in [3.8, 4) is 6.07 Å². The highest BCUT2D eigenvalue weighted by atomic mass is 32.2. The van der Waals surface area contributed by atoms with E-state index in [1.807, 2.05) is 12.1 Å². The highest BCUT2D eigenvalue weighted by molar-refractivity contribution is 7.89. The van der Waals surface area contributed by atoms with Crippen LogP contribution in [0.2, 0.25) is 0 Å². The van der Waals surface area contributed by atoms with Gasteiger partial charge in [0, 0.05) is 31.9 Å². The molecule has 130 valence electrons. The van der Waals surface area contributed by atoms with Crippen LogP contribution in [0.4, 0.5) is 5.69 Å². The summed E-state index contributed by atoms with van der Waals surface area (Å²) in [6, 6.07) is 14.5. The maximum Gasteiger partial charge on any atom is 0.244 e. The van der Waals surface area contributed by atoms with Crippen molar-refractivity contribution in [3.63, 3.8) is 0 Å². The van der Waals surface area contributed by atoms with Crippen LogP contribution in [0.25, 0.3) is 0 Å². The van der Waals surface area contributed by atoms with Gasteiger partial charge >= 0.3 is 0 Å². The van der Waals surface area contributed by atoms with Crippen molar-refractivity contribution in [1.82, 2.24) is 4.31 Å². The Hall–Kier alpha value is -2.36. The molecule has 0 saturated carbocycles. The first-order valence-corrected chi connectivity index (χ1v) is 9.69. The Morgan fingerprint density at radius 2 is 1.64 bits per heavy atom. The Kier molecular flexibility index (Phi) is 4.80. The van der Waals surface area contributed by atoms with E-state index >= 15 is 0 Å². The van der Waals surface area contributed by atoms with Gasteiger partial charge in [-0.3, -0.25) is 0 Å². The fraction of sp³-hybridized carbons (Fsp3) is 0.316. The second-order valence-corrected chi connectivity index (χ2v) is 8.12. The van der Waals surface area contributed by atoms with E-state index < -0.39 is 10.0 Å². The summed E-state index contributed by atoms with van der Waals surface area (Å²) in [7, 11) is -3.64. The molecule has 25 heavy (non-hydrogen) atoms. The van der Waals surface area contributed by atoms with E-state index in [0.717, 1.165) is 5.69 Å². The van der Waals surface area contributed by atoms with E-state index in [0.29, 0.717) is 26.2 Å². The maximum absolute atomic E-state index is 12.9. The molecular weight excluding hydrogens is 334 g/mol. The lowest BCUT2D eigenvalue weighted by Crippen LogP contribution is -2.49. The first-order valence-electron chi connectivity index (χ1n) is 8.25. The Bertz CT molecular complexity index is 924. The third-order valence-corrected chi connectivity index (χ3v) is 6.74. The van der Waals surface area contributed by atoms with Crippen molar-refractivity contribution in [2.24, 2.45) is 0 Å². The predicted molar refractivity (Wildman–Crippen MR) is 98.0 cm³/mol. The molecule has 2 aromatic carbocycles. The van der Waals surface area contributed by atoms with Gasteiger partial charge in [0.15, 0.2) is 0 Å². The molecule has 1 aliphatic rings. The van der Waals surface area contributed by atoms with E-state index in [9.17, 15) is 13.7 Å². The first-order chi connectivity index (χ1) is 11.9. The summed E-state index contributed by atoms with van der Waals surface area (Å²) < 4.78 is 27.3. The van der Waals surface area contributed by atoms with Crippen molar-refractivity contribution in [2.75, 3.05) is 31.1 Å². The normalized spacial score (nSPS) is 15.8. The number of hydrogen-bond acceptors (Lipinski definition) is 4. The molecule has 0 spiro atoms. The first kappa shape index (κ1) is 17.5. The van der Waals surface area contributed by atoms with Gasteiger partial charge in [-0.15, -0.1) is 0 Å². The number of hydrogen-bond donors (Lipinski definition) is 0. The number of piperazine rings is 1. The van der Waals surface area contributed by atoms with Gasteiger partial charge in [-0.1, -0.05) is 24.3 Å². The summed E-state index contributed by atoms with van der Waals surface area (Å²) in [6.45, 7) is 6.27. The van der Waals surface area contributed by atoms with Crippen LogP contribution in [0.15, 0.2) is 47.4 Å². The number of rotatable bonds is 3. The van der Waals surface area contributed by atoms with Gasteiger partial charge in [0.05, 0.1) is 10.5 Å². The molecule has 0 unspecified atom stereocenters. The van der Waals surface area contributed by atoms with Gasteiger partial charge in [-0.25, -0.2) is 8.42 Å². The number of nitrogens with zero attached hydrogens (tertiary/aromatic N) is 3. The zero-order valence-electron chi connectivity index (χ0n) is 14.4. The second kappa shape index (κ2) is 6.87. The minimum absolute atomic E-state index is 0.0951. The SMILES string of the molecule is Cc1cccc(N2CCN(S(=O)(=O)c3ccccc3C#N)CC2)c1C. The van der Waals surface area contributed by atoms with Crippen LogP contribution in [-0.2, 0) is 10.0 Å². The van der Waals surface area contributed by atoms with Gasteiger partial charge in [-0.2, -0.15) is 9.57 Å². The van der Waals surface area contributed by atoms with Crippen LogP contribution in [-0.4, -0.2) is 38.9 Å². The molecule has 6 heteroatoms. The third-order valence-electron chi connectivity index (χ3n) is 4.78. The number of nitriles is 1. The van der Waals surface area contributed by atoms with Crippen molar-refractivity contribution < 1.29 is 8.42 Å². The molecule has 0 radical (unpaired) electrons. The molecule has 0 atom stereocenters. The Morgan fingerprint density at radius 3 is 2.32 bits per heavy atom. The van der Waals surface area contributed by atoms with E-state index in [2.05, 4.69) is 30.9 Å². The van der Waals surface area contributed by atoms with Crippen molar-refractivity contribution in [3.05, 3.63) is 59.2 Å². The van der Waals surface area contributed by atoms with Crippen LogP contribution >= 0.6 is 0 Å². The molecule has 0 aliphatic carbocycles. The van der Waals surface area contributed by atoms with E-state index in [1.165, 1.54) is 21.5 Å². The second-order valence-electron chi connectivity index (χ2n) is 6.22. The summed E-state index contributed by atoms with van der Waals surface area (Å²) in [5, 5.41) is 9.19. The van der Waals surface area contributed by atoms with Crippen LogP contribution in [0.1, 0.15) is 16.7 Å². The Morgan fingerprint density at radius 1 is 0.960 bits per heavy atom. The Balaban J connectivity index is 1.80. The average Bonchev–Trinajstić information content (AvgIpc) is 2.64. The number of sulfonamides is 1. The molecule has 1 saturated heterocycles. The van der Waals surface area contributed by atoms with Gasteiger partial charge in [0.2, 0.25) is 10.0 Å². The third kappa shape index (κ3) is 3.26. The summed E-state index contributed by atoms with van der Waals surface area (Å²) in [5.41, 5.74) is 3.82. The molecule has 1 heterocycles. The van der Waals surface area contributed by atoms with Gasteiger partial charge in [-0.05, 0) is 43.2 Å². The summed E-state index contributed by atoms with van der Waals surface area (Å²) in [4.78, 5) is 2.32. The number of aryl methyl sites for hydroxylation is 1. The molecule has 5 nitrogen and oxygen atoms in total. The van der Waals surface area contributed by atoms with Gasteiger partial charge < -0.3 is 4.90 Å². The van der Waals surface area contributed by atoms with E-state index in [-0.39, 0.29) is 10.5 Å². The molecule has 0 N–H and O–H groups in total. The largest absolute Gasteiger partial charge is 0.369 e. The minimum atomic E-state index is -3.64. The quantitative estimate of drug-likeness (QED) is 0.849. The molecule has 3 rings (SSSR count). The van der Waals surface area contributed by atoms with Crippen molar-refractivity contribution in [1.29, 1.82) is 5.26 Å². The maximum atomic E-state index is 12.9. The lowest BCUT2D eigenvalue weighted by atomic mass is 10.1. The Labute approximate surface area is 149 Å².